The number of thiocarbonyl (C=S) groups is 1. The first-order chi connectivity index (χ1) is 11.1. The lowest BCUT2D eigenvalue weighted by atomic mass is 10.1. The summed E-state index contributed by atoms with van der Waals surface area (Å²) < 4.78 is 38.3. The second kappa shape index (κ2) is 6.43. The summed E-state index contributed by atoms with van der Waals surface area (Å²) in [6.07, 6.45) is -3.21. The van der Waals surface area contributed by atoms with Gasteiger partial charge in [-0.3, -0.25) is 31.1 Å². The molecule has 2 rings (SSSR count). The Balaban J connectivity index is 2.37. The molecule has 1 fully saturated rings. The van der Waals surface area contributed by atoms with Gasteiger partial charge in [0.2, 0.25) is 5.69 Å². The van der Waals surface area contributed by atoms with Crippen LogP contribution >= 0.6 is 12.2 Å². The van der Waals surface area contributed by atoms with Crippen molar-refractivity contribution in [1.82, 2.24) is 10.7 Å². The molecule has 1 saturated carbocycles. The number of rotatable bonds is 5. The molecule has 1 aromatic carbocycles. The molecule has 130 valence electrons. The van der Waals surface area contributed by atoms with Crippen LogP contribution in [0.4, 0.5) is 30.2 Å². The number of benzene rings is 1. The highest BCUT2D eigenvalue weighted by Crippen LogP contribution is 2.40. The molecule has 0 spiro atoms. The highest BCUT2D eigenvalue weighted by Gasteiger charge is 2.37. The Bertz CT molecular complexity index is 672. The van der Waals surface area contributed by atoms with Crippen LogP contribution in [0.15, 0.2) is 12.1 Å². The number of alkyl halides is 3. The summed E-state index contributed by atoms with van der Waals surface area (Å²) in [7, 11) is 0. The molecule has 0 unspecified atom stereocenters. The van der Waals surface area contributed by atoms with Gasteiger partial charge < -0.3 is 5.32 Å². The SMILES string of the molecule is O=[N+]([O-])c1cc(C(F)(F)F)cc([N+](=O)[O-])c1NNC(=S)NC1CC1. The zero-order valence-electron chi connectivity index (χ0n) is 11.7. The van der Waals surface area contributed by atoms with E-state index in [-0.39, 0.29) is 23.3 Å². The van der Waals surface area contributed by atoms with E-state index in [0.717, 1.165) is 12.8 Å². The van der Waals surface area contributed by atoms with Gasteiger partial charge in [-0.15, -0.1) is 0 Å². The molecular weight excluding hydrogens is 355 g/mol. The van der Waals surface area contributed by atoms with Crippen molar-refractivity contribution in [2.45, 2.75) is 25.1 Å². The highest BCUT2D eigenvalue weighted by atomic mass is 32.1. The van der Waals surface area contributed by atoms with Gasteiger partial charge in [-0.1, -0.05) is 0 Å². The number of nitro groups is 2. The van der Waals surface area contributed by atoms with E-state index >= 15 is 0 Å². The molecule has 1 aliphatic rings. The zero-order chi connectivity index (χ0) is 18.1. The van der Waals surface area contributed by atoms with Crippen molar-refractivity contribution in [3.8, 4) is 0 Å². The van der Waals surface area contributed by atoms with E-state index in [2.05, 4.69) is 16.2 Å². The highest BCUT2D eigenvalue weighted by molar-refractivity contribution is 7.80. The van der Waals surface area contributed by atoms with Gasteiger partial charge in [0, 0.05) is 18.2 Å². The second-order valence-electron chi connectivity index (χ2n) is 4.90. The fourth-order valence-electron chi connectivity index (χ4n) is 1.76. The molecule has 0 heterocycles. The Labute approximate surface area is 137 Å². The summed E-state index contributed by atoms with van der Waals surface area (Å²) in [6, 6.07) is 0.576. The maximum absolute atomic E-state index is 12.8. The summed E-state index contributed by atoms with van der Waals surface area (Å²) in [5.41, 5.74) is 0.0339. The molecule has 0 aromatic heterocycles. The van der Waals surface area contributed by atoms with Crippen LogP contribution in [0.25, 0.3) is 0 Å². The minimum absolute atomic E-state index is 0.0148. The molecule has 0 radical (unpaired) electrons. The molecule has 3 N–H and O–H groups in total. The fraction of sp³-hybridized carbons (Fsp3) is 0.364. The van der Waals surface area contributed by atoms with E-state index in [1.807, 2.05) is 0 Å². The number of hydrogen-bond donors (Lipinski definition) is 3. The van der Waals surface area contributed by atoms with Gasteiger partial charge in [-0.2, -0.15) is 13.2 Å². The average Bonchev–Trinajstić information content (AvgIpc) is 3.26. The summed E-state index contributed by atoms with van der Waals surface area (Å²) >= 11 is 4.87. The van der Waals surface area contributed by atoms with Gasteiger partial charge in [-0.25, -0.2) is 0 Å². The number of nitro benzene ring substituents is 2. The maximum atomic E-state index is 12.8. The fourth-order valence-corrected chi connectivity index (χ4v) is 1.98. The number of hydrazine groups is 1. The van der Waals surface area contributed by atoms with Crippen molar-refractivity contribution in [2.75, 3.05) is 5.43 Å². The van der Waals surface area contributed by atoms with Crippen LogP contribution in [0.5, 0.6) is 0 Å². The van der Waals surface area contributed by atoms with Crippen LogP contribution < -0.4 is 16.2 Å². The topological polar surface area (TPSA) is 122 Å². The Morgan fingerprint density at radius 1 is 1.17 bits per heavy atom. The average molecular weight is 365 g/mol. The van der Waals surface area contributed by atoms with Crippen molar-refractivity contribution < 1.29 is 23.0 Å². The molecule has 0 bridgehead atoms. The molecule has 0 atom stereocenters. The number of nitrogens with one attached hydrogen (secondary N) is 3. The summed E-state index contributed by atoms with van der Waals surface area (Å²) in [5.74, 6) is 0. The van der Waals surface area contributed by atoms with E-state index < -0.39 is 38.6 Å². The maximum Gasteiger partial charge on any atom is 0.416 e. The van der Waals surface area contributed by atoms with Gasteiger partial charge in [0.25, 0.3) is 0 Å². The monoisotopic (exact) mass is 365 g/mol. The predicted molar refractivity (Wildman–Crippen MR) is 80.3 cm³/mol. The van der Waals surface area contributed by atoms with Gasteiger partial charge in [0.15, 0.2) is 5.11 Å². The Morgan fingerprint density at radius 2 is 1.67 bits per heavy atom. The number of anilines is 1. The van der Waals surface area contributed by atoms with E-state index in [1.165, 1.54) is 0 Å². The largest absolute Gasteiger partial charge is 0.416 e. The van der Waals surface area contributed by atoms with Gasteiger partial charge in [0.1, 0.15) is 0 Å². The third kappa shape index (κ3) is 4.18. The minimum atomic E-state index is -4.97. The summed E-state index contributed by atoms with van der Waals surface area (Å²) in [5, 5.41) is 24.8. The van der Waals surface area contributed by atoms with Crippen molar-refractivity contribution >= 4 is 34.4 Å². The normalized spacial score (nSPS) is 14.0. The third-order valence-electron chi connectivity index (χ3n) is 3.03. The van der Waals surface area contributed by atoms with E-state index in [4.69, 9.17) is 12.2 Å². The smallest absolute Gasteiger partial charge is 0.359 e. The van der Waals surface area contributed by atoms with Crippen molar-refractivity contribution in [2.24, 2.45) is 0 Å². The zero-order valence-corrected chi connectivity index (χ0v) is 12.5. The Kier molecular flexibility index (Phi) is 4.73. The van der Waals surface area contributed by atoms with E-state index in [1.54, 1.807) is 0 Å². The number of nitrogens with zero attached hydrogens (tertiary/aromatic N) is 2. The van der Waals surface area contributed by atoms with Gasteiger partial charge in [0.05, 0.1) is 15.4 Å². The molecule has 0 aliphatic heterocycles. The molecule has 0 amide bonds. The molecule has 24 heavy (non-hydrogen) atoms. The Hall–Kier alpha value is -2.70. The molecule has 1 aliphatic carbocycles. The van der Waals surface area contributed by atoms with Crippen LogP contribution in [0, 0.1) is 20.2 Å². The van der Waals surface area contributed by atoms with E-state index in [9.17, 15) is 33.4 Å². The lowest BCUT2D eigenvalue weighted by Gasteiger charge is -2.14. The number of hydrogen-bond acceptors (Lipinski definition) is 6. The van der Waals surface area contributed by atoms with Crippen LogP contribution in [0.2, 0.25) is 0 Å². The predicted octanol–water partition coefficient (Wildman–Crippen LogP) is 2.48. The second-order valence-corrected chi connectivity index (χ2v) is 5.31. The van der Waals surface area contributed by atoms with Crippen molar-refractivity contribution in [1.29, 1.82) is 0 Å². The molecule has 9 nitrogen and oxygen atoms in total. The Morgan fingerprint density at radius 3 is 2.04 bits per heavy atom. The molecular formula is C11H10F3N5O4S. The first kappa shape index (κ1) is 17.7. The van der Waals surface area contributed by atoms with Gasteiger partial charge in [-0.05, 0) is 25.1 Å². The third-order valence-corrected chi connectivity index (χ3v) is 3.25. The molecule has 13 heteroatoms. The van der Waals surface area contributed by atoms with Gasteiger partial charge >= 0.3 is 17.6 Å². The molecule has 0 saturated heterocycles. The van der Waals surface area contributed by atoms with Crippen molar-refractivity contribution in [3.05, 3.63) is 37.9 Å². The quantitative estimate of drug-likeness (QED) is 0.413. The molecule has 1 aromatic rings. The lowest BCUT2D eigenvalue weighted by molar-refractivity contribution is -0.392. The van der Waals surface area contributed by atoms with Crippen LogP contribution in [0.3, 0.4) is 0 Å². The van der Waals surface area contributed by atoms with Crippen LogP contribution in [-0.4, -0.2) is 21.0 Å². The summed E-state index contributed by atoms with van der Waals surface area (Å²) in [4.78, 5) is 19.7. The lowest BCUT2D eigenvalue weighted by Crippen LogP contribution is -2.40. The van der Waals surface area contributed by atoms with Crippen LogP contribution in [0.1, 0.15) is 18.4 Å². The standard InChI is InChI=1S/C11H10F3N5O4S/c12-11(13,14)5-3-7(18(20)21)9(8(4-5)19(22)23)16-17-10(24)15-6-1-2-6/h3-4,6,16H,1-2H2,(H2,15,17,24). The minimum Gasteiger partial charge on any atom is -0.359 e. The first-order valence-corrected chi connectivity index (χ1v) is 6.87. The number of halogens is 3. The van der Waals surface area contributed by atoms with Crippen LogP contribution in [-0.2, 0) is 6.18 Å². The summed E-state index contributed by atoms with van der Waals surface area (Å²) in [6.45, 7) is 0. The van der Waals surface area contributed by atoms with Crippen molar-refractivity contribution in [3.63, 3.8) is 0 Å². The first-order valence-electron chi connectivity index (χ1n) is 6.46. The van der Waals surface area contributed by atoms with E-state index in [0.29, 0.717) is 0 Å².